The Morgan fingerprint density at radius 2 is 1.61 bits per heavy atom. The average Bonchev–Trinajstić information content (AvgIpc) is 3.13. The number of hydrogen-bond donors (Lipinski definition) is 1. The zero-order valence-electron chi connectivity index (χ0n) is 17.1. The number of carbonyl (C=O) groups is 1. The van der Waals surface area contributed by atoms with Crippen molar-refractivity contribution in [1.82, 2.24) is 9.40 Å². The van der Waals surface area contributed by atoms with Crippen molar-refractivity contribution in [3.8, 4) is 0 Å². The summed E-state index contributed by atoms with van der Waals surface area (Å²) < 4.78 is 27.9. The minimum absolute atomic E-state index is 0.206. The molecule has 0 fully saturated rings. The van der Waals surface area contributed by atoms with Crippen LogP contribution in [0.3, 0.4) is 0 Å². The highest BCUT2D eigenvalue weighted by molar-refractivity contribution is 7.90. The van der Waals surface area contributed by atoms with Gasteiger partial charge in [-0.2, -0.15) is 5.10 Å². The van der Waals surface area contributed by atoms with Crippen molar-refractivity contribution in [1.29, 1.82) is 0 Å². The van der Waals surface area contributed by atoms with E-state index in [4.69, 9.17) is 0 Å². The van der Waals surface area contributed by atoms with E-state index in [2.05, 4.69) is 10.5 Å². The largest absolute Gasteiger partial charge is 0.271 e. The summed E-state index contributed by atoms with van der Waals surface area (Å²) in [6.45, 7) is 3.81. The van der Waals surface area contributed by atoms with Crippen LogP contribution in [0.2, 0.25) is 0 Å². The number of benzene rings is 3. The van der Waals surface area contributed by atoms with Crippen molar-refractivity contribution in [2.75, 3.05) is 0 Å². The Kier molecular flexibility index (Phi) is 5.44. The molecule has 1 amide bonds. The zero-order chi connectivity index (χ0) is 22.0. The number of aryl methyl sites for hydroxylation is 2. The monoisotopic (exact) mass is 431 g/mol. The van der Waals surface area contributed by atoms with Crippen LogP contribution in [0.1, 0.15) is 27.0 Å². The van der Waals surface area contributed by atoms with Gasteiger partial charge in [0, 0.05) is 22.7 Å². The summed E-state index contributed by atoms with van der Waals surface area (Å²) in [5.74, 6) is -0.344. The fraction of sp³-hybridized carbons (Fsp3) is 0.0833. The first-order chi connectivity index (χ1) is 14.9. The Balaban J connectivity index is 1.72. The Morgan fingerprint density at radius 1 is 0.935 bits per heavy atom. The van der Waals surface area contributed by atoms with Gasteiger partial charge < -0.3 is 0 Å². The summed E-state index contributed by atoms with van der Waals surface area (Å²) in [4.78, 5) is 12.4. The third-order valence-corrected chi connectivity index (χ3v) is 6.63. The molecular formula is C24H21N3O3S. The van der Waals surface area contributed by atoms with Crippen LogP contribution in [0.4, 0.5) is 0 Å². The van der Waals surface area contributed by atoms with Gasteiger partial charge in [0.1, 0.15) is 0 Å². The van der Waals surface area contributed by atoms with Crippen molar-refractivity contribution in [3.05, 3.63) is 101 Å². The van der Waals surface area contributed by atoms with Crippen LogP contribution >= 0.6 is 0 Å². The second-order valence-corrected chi connectivity index (χ2v) is 9.10. The van der Waals surface area contributed by atoms with Gasteiger partial charge >= 0.3 is 0 Å². The van der Waals surface area contributed by atoms with E-state index >= 15 is 0 Å². The number of hydrogen-bond acceptors (Lipinski definition) is 4. The molecule has 6 nitrogen and oxygen atoms in total. The standard InChI is InChI=1S/C24H21N3O3S/c1-17-8-11-21(12-9-17)31(29,30)27-16-20(22-13-10-18(2)14-23(22)27)15-25-26-24(28)19-6-4-3-5-7-19/h3-16H,1-2H3,(H,26,28)/b25-15+. The van der Waals surface area contributed by atoms with Gasteiger partial charge in [-0.1, -0.05) is 48.0 Å². The molecule has 3 aromatic carbocycles. The zero-order valence-corrected chi connectivity index (χ0v) is 17.9. The molecule has 156 valence electrons. The van der Waals surface area contributed by atoms with Gasteiger partial charge in [-0.3, -0.25) is 4.79 Å². The maximum absolute atomic E-state index is 13.3. The molecule has 0 spiro atoms. The van der Waals surface area contributed by atoms with Crippen LogP contribution in [-0.4, -0.2) is 24.5 Å². The van der Waals surface area contributed by atoms with Gasteiger partial charge in [0.05, 0.1) is 16.6 Å². The molecule has 4 rings (SSSR count). The van der Waals surface area contributed by atoms with Crippen molar-refractivity contribution >= 4 is 33.0 Å². The molecule has 0 saturated heterocycles. The third-order valence-electron chi connectivity index (χ3n) is 4.94. The van der Waals surface area contributed by atoms with E-state index in [0.717, 1.165) is 16.5 Å². The molecule has 1 aromatic heterocycles. The van der Waals surface area contributed by atoms with Crippen molar-refractivity contribution in [3.63, 3.8) is 0 Å². The maximum Gasteiger partial charge on any atom is 0.271 e. The van der Waals surface area contributed by atoms with E-state index < -0.39 is 10.0 Å². The van der Waals surface area contributed by atoms with E-state index in [-0.39, 0.29) is 10.8 Å². The van der Waals surface area contributed by atoms with Gasteiger partial charge in [0.2, 0.25) is 0 Å². The topological polar surface area (TPSA) is 80.5 Å². The molecule has 0 saturated carbocycles. The van der Waals surface area contributed by atoms with Crippen LogP contribution in [-0.2, 0) is 10.0 Å². The van der Waals surface area contributed by atoms with Gasteiger partial charge in [0.15, 0.2) is 0 Å². The lowest BCUT2D eigenvalue weighted by Gasteiger charge is -2.08. The first kappa shape index (κ1) is 20.6. The normalized spacial score (nSPS) is 11.8. The van der Waals surface area contributed by atoms with Gasteiger partial charge in [-0.05, 0) is 49.7 Å². The molecule has 1 N–H and O–H groups in total. The summed E-state index contributed by atoms with van der Waals surface area (Å²) >= 11 is 0. The van der Waals surface area contributed by atoms with Gasteiger partial charge in [-0.25, -0.2) is 17.8 Å². The molecule has 0 unspecified atom stereocenters. The van der Waals surface area contributed by atoms with Crippen LogP contribution in [0.25, 0.3) is 10.9 Å². The number of nitrogens with one attached hydrogen (secondary N) is 1. The Morgan fingerprint density at radius 3 is 2.32 bits per heavy atom. The van der Waals surface area contributed by atoms with E-state index in [9.17, 15) is 13.2 Å². The number of aromatic nitrogens is 1. The van der Waals surface area contributed by atoms with Crippen LogP contribution in [0.15, 0.2) is 89.0 Å². The Bertz CT molecular complexity index is 1390. The molecule has 1 heterocycles. The Hall–Kier alpha value is -3.71. The summed E-state index contributed by atoms with van der Waals surface area (Å²) in [5.41, 5.74) is 6.02. The molecule has 0 radical (unpaired) electrons. The second kappa shape index (κ2) is 8.20. The lowest BCUT2D eigenvalue weighted by Crippen LogP contribution is -2.17. The average molecular weight is 432 g/mol. The highest BCUT2D eigenvalue weighted by atomic mass is 32.2. The number of carbonyl (C=O) groups excluding carboxylic acids is 1. The third kappa shape index (κ3) is 4.13. The number of nitrogens with zero attached hydrogens (tertiary/aromatic N) is 2. The Labute approximate surface area is 180 Å². The molecule has 0 aliphatic rings. The van der Waals surface area contributed by atoms with Crippen molar-refractivity contribution in [2.24, 2.45) is 5.10 Å². The van der Waals surface area contributed by atoms with E-state index in [1.807, 2.05) is 38.1 Å². The molecule has 31 heavy (non-hydrogen) atoms. The molecule has 0 aliphatic heterocycles. The molecule has 0 atom stereocenters. The van der Waals surface area contributed by atoms with Crippen LogP contribution < -0.4 is 5.43 Å². The lowest BCUT2D eigenvalue weighted by molar-refractivity contribution is 0.0955. The van der Waals surface area contributed by atoms with Crippen molar-refractivity contribution < 1.29 is 13.2 Å². The molecule has 0 bridgehead atoms. The summed E-state index contributed by atoms with van der Waals surface area (Å²) in [6, 6.07) is 21.1. The predicted octanol–water partition coefficient (Wildman–Crippen LogP) is 4.26. The second-order valence-electron chi connectivity index (χ2n) is 7.28. The number of hydrazone groups is 1. The van der Waals surface area contributed by atoms with E-state index in [0.29, 0.717) is 16.6 Å². The lowest BCUT2D eigenvalue weighted by atomic mass is 10.1. The molecule has 0 aliphatic carbocycles. The minimum atomic E-state index is -3.79. The minimum Gasteiger partial charge on any atom is -0.267 e. The van der Waals surface area contributed by atoms with Gasteiger partial charge in [-0.15, -0.1) is 0 Å². The fourth-order valence-electron chi connectivity index (χ4n) is 3.27. The summed E-state index contributed by atoms with van der Waals surface area (Å²) in [5, 5.41) is 4.76. The maximum atomic E-state index is 13.3. The van der Waals surface area contributed by atoms with Crippen LogP contribution in [0, 0.1) is 13.8 Å². The van der Waals surface area contributed by atoms with Gasteiger partial charge in [0.25, 0.3) is 15.9 Å². The highest BCUT2D eigenvalue weighted by Gasteiger charge is 2.21. The van der Waals surface area contributed by atoms with Crippen LogP contribution in [0.5, 0.6) is 0 Å². The molecular weight excluding hydrogens is 410 g/mol. The fourth-order valence-corrected chi connectivity index (χ4v) is 4.64. The SMILES string of the molecule is Cc1ccc(S(=O)(=O)n2cc(/C=N/NC(=O)c3ccccc3)c3ccc(C)cc32)cc1. The summed E-state index contributed by atoms with van der Waals surface area (Å²) in [6.07, 6.45) is 2.98. The molecule has 4 aromatic rings. The molecule has 7 heteroatoms. The first-order valence-electron chi connectivity index (χ1n) is 9.69. The number of rotatable bonds is 5. The van der Waals surface area contributed by atoms with Crippen molar-refractivity contribution in [2.45, 2.75) is 18.7 Å². The van der Waals surface area contributed by atoms with E-state index in [1.54, 1.807) is 48.5 Å². The van der Waals surface area contributed by atoms with E-state index in [1.165, 1.54) is 16.4 Å². The first-order valence-corrected chi connectivity index (χ1v) is 11.1. The predicted molar refractivity (Wildman–Crippen MR) is 122 cm³/mol. The number of fused-ring (bicyclic) bond motifs is 1. The summed E-state index contributed by atoms with van der Waals surface area (Å²) in [7, 11) is -3.79. The smallest absolute Gasteiger partial charge is 0.267 e. The number of amides is 1. The quantitative estimate of drug-likeness (QED) is 0.379. The highest BCUT2D eigenvalue weighted by Crippen LogP contribution is 2.26.